The topological polar surface area (TPSA) is 74.4 Å². The number of nitrogens with one attached hydrogen (secondary N) is 2. The maximum Gasteiger partial charge on any atom is 0.256 e. The van der Waals surface area contributed by atoms with E-state index in [2.05, 4.69) is 15.0 Å². The van der Waals surface area contributed by atoms with Gasteiger partial charge in [-0.05, 0) is 12.1 Å². The largest absolute Gasteiger partial charge is 0.337 e. The van der Waals surface area contributed by atoms with E-state index in [0.29, 0.717) is 5.39 Å². The zero-order valence-corrected chi connectivity index (χ0v) is 12.6. The van der Waals surface area contributed by atoms with Gasteiger partial charge in [0, 0.05) is 40.3 Å². The highest BCUT2D eigenvalue weighted by Gasteiger charge is 2.15. The van der Waals surface area contributed by atoms with E-state index in [9.17, 15) is 4.79 Å². The minimum Gasteiger partial charge on any atom is -0.337 e. The van der Waals surface area contributed by atoms with Crippen molar-refractivity contribution in [2.45, 2.75) is 0 Å². The highest BCUT2D eigenvalue weighted by atomic mass is 16.1. The van der Waals surface area contributed by atoms with Crippen LogP contribution in [0.15, 0.2) is 65.8 Å². The van der Waals surface area contributed by atoms with E-state index in [0.717, 1.165) is 38.6 Å². The molecule has 3 heterocycles. The average molecular weight is 312 g/mol. The third-order valence-electron chi connectivity index (χ3n) is 4.33. The minimum absolute atomic E-state index is 0.122. The van der Waals surface area contributed by atoms with Crippen molar-refractivity contribution in [3.8, 4) is 11.4 Å². The summed E-state index contributed by atoms with van der Waals surface area (Å²) < 4.78 is 0. The summed E-state index contributed by atoms with van der Waals surface area (Å²) in [6, 6.07) is 13.8. The second-order valence-corrected chi connectivity index (χ2v) is 5.69. The number of benzene rings is 2. The summed E-state index contributed by atoms with van der Waals surface area (Å²) in [5.74, 6) is 0.788. The van der Waals surface area contributed by atoms with Crippen molar-refractivity contribution in [2.24, 2.45) is 0 Å². The van der Waals surface area contributed by atoms with E-state index in [1.807, 2.05) is 42.5 Å². The molecular weight excluding hydrogens is 300 g/mol. The smallest absolute Gasteiger partial charge is 0.256 e. The predicted octanol–water partition coefficient (Wildman–Crippen LogP) is 3.62. The highest BCUT2D eigenvalue weighted by Crippen LogP contribution is 2.32. The van der Waals surface area contributed by atoms with Gasteiger partial charge in [-0.2, -0.15) is 0 Å². The van der Waals surface area contributed by atoms with Gasteiger partial charge < -0.3 is 9.97 Å². The fraction of sp³-hybridized carbons (Fsp3) is 0. The zero-order chi connectivity index (χ0) is 16.1. The van der Waals surface area contributed by atoms with Crippen LogP contribution in [0, 0.1) is 0 Å². The fourth-order valence-corrected chi connectivity index (χ4v) is 3.25. The summed E-state index contributed by atoms with van der Waals surface area (Å²) >= 11 is 0. The normalized spacial score (nSPS) is 11.5. The first-order chi connectivity index (χ1) is 11.8. The molecule has 0 aliphatic heterocycles. The summed E-state index contributed by atoms with van der Waals surface area (Å²) in [5.41, 5.74) is 2.61. The van der Waals surface area contributed by atoms with Gasteiger partial charge in [0.1, 0.15) is 5.82 Å². The van der Waals surface area contributed by atoms with Crippen molar-refractivity contribution >= 4 is 32.6 Å². The Morgan fingerprint density at radius 3 is 2.67 bits per heavy atom. The van der Waals surface area contributed by atoms with E-state index in [4.69, 9.17) is 4.98 Å². The molecule has 3 aromatic heterocycles. The van der Waals surface area contributed by atoms with Crippen molar-refractivity contribution in [1.82, 2.24) is 19.9 Å². The van der Waals surface area contributed by atoms with Crippen LogP contribution in [0.4, 0.5) is 0 Å². The molecular formula is C19H12N4O. The van der Waals surface area contributed by atoms with E-state index in [-0.39, 0.29) is 5.56 Å². The summed E-state index contributed by atoms with van der Waals surface area (Å²) in [6.07, 6.45) is 5.11. The number of hydrogen-bond donors (Lipinski definition) is 2. The maximum atomic E-state index is 12.4. The lowest BCUT2D eigenvalue weighted by Crippen LogP contribution is -2.05. The van der Waals surface area contributed by atoms with Gasteiger partial charge in [-0.1, -0.05) is 30.3 Å². The number of fused-ring (bicyclic) bond motifs is 6. The molecule has 2 N–H and O–H groups in total. The molecule has 0 saturated heterocycles. The summed E-state index contributed by atoms with van der Waals surface area (Å²) in [6.45, 7) is 0. The molecule has 0 atom stereocenters. The molecule has 0 amide bonds. The van der Waals surface area contributed by atoms with Gasteiger partial charge >= 0.3 is 0 Å². The first kappa shape index (κ1) is 13.0. The molecule has 114 valence electrons. The number of pyridine rings is 2. The minimum atomic E-state index is -0.122. The predicted molar refractivity (Wildman–Crippen MR) is 95.0 cm³/mol. The van der Waals surface area contributed by atoms with Crippen LogP contribution in [0.1, 0.15) is 0 Å². The monoisotopic (exact) mass is 312 g/mol. The average Bonchev–Trinajstić information content (AvgIpc) is 3.08. The molecule has 0 aliphatic carbocycles. The fourth-order valence-electron chi connectivity index (χ4n) is 3.25. The molecule has 0 fully saturated rings. The van der Waals surface area contributed by atoms with Crippen LogP contribution in [-0.4, -0.2) is 19.9 Å². The van der Waals surface area contributed by atoms with E-state index >= 15 is 0 Å². The van der Waals surface area contributed by atoms with E-state index in [1.165, 1.54) is 0 Å². The first-order valence-electron chi connectivity index (χ1n) is 7.65. The molecule has 0 radical (unpaired) electrons. The van der Waals surface area contributed by atoms with Crippen molar-refractivity contribution < 1.29 is 0 Å². The summed E-state index contributed by atoms with van der Waals surface area (Å²) in [5, 5.41) is 3.22. The molecule has 2 aromatic carbocycles. The SMILES string of the molecule is O=c1[nH]ccc2c3[nH]c(-c4ccccc4)nc3c3ccncc3c12. The number of aromatic amines is 2. The maximum absolute atomic E-state index is 12.4. The standard InChI is InChI=1S/C19H12N4O/c24-19-15-13(7-9-21-19)17-16(12-6-8-20-10-14(12)15)22-18(23-17)11-4-2-1-3-5-11/h1-10H,(H,21,24)(H,22,23). The molecule has 24 heavy (non-hydrogen) atoms. The van der Waals surface area contributed by atoms with Crippen LogP contribution in [0.5, 0.6) is 0 Å². The van der Waals surface area contributed by atoms with Gasteiger partial charge in [0.05, 0.1) is 16.4 Å². The van der Waals surface area contributed by atoms with Gasteiger partial charge in [0.2, 0.25) is 0 Å². The third-order valence-corrected chi connectivity index (χ3v) is 4.33. The lowest BCUT2D eigenvalue weighted by molar-refractivity contribution is 1.28. The number of rotatable bonds is 1. The van der Waals surface area contributed by atoms with Crippen LogP contribution < -0.4 is 5.56 Å². The van der Waals surface area contributed by atoms with Crippen LogP contribution in [-0.2, 0) is 0 Å². The van der Waals surface area contributed by atoms with Gasteiger partial charge in [0.25, 0.3) is 5.56 Å². The summed E-state index contributed by atoms with van der Waals surface area (Å²) in [4.78, 5) is 27.5. The Morgan fingerprint density at radius 1 is 0.917 bits per heavy atom. The Morgan fingerprint density at radius 2 is 1.79 bits per heavy atom. The second-order valence-electron chi connectivity index (χ2n) is 5.69. The van der Waals surface area contributed by atoms with Crippen molar-refractivity contribution in [1.29, 1.82) is 0 Å². The van der Waals surface area contributed by atoms with Gasteiger partial charge in [0.15, 0.2) is 0 Å². The highest BCUT2D eigenvalue weighted by molar-refractivity contribution is 6.23. The first-order valence-corrected chi connectivity index (χ1v) is 7.65. The Balaban J connectivity index is 2.03. The molecule has 0 aliphatic rings. The number of nitrogens with zero attached hydrogens (tertiary/aromatic N) is 2. The van der Waals surface area contributed by atoms with Crippen LogP contribution in [0.2, 0.25) is 0 Å². The quantitative estimate of drug-likeness (QED) is 0.464. The zero-order valence-electron chi connectivity index (χ0n) is 12.6. The van der Waals surface area contributed by atoms with Crippen molar-refractivity contribution in [3.63, 3.8) is 0 Å². The summed E-state index contributed by atoms with van der Waals surface area (Å²) in [7, 11) is 0. The number of hydrogen-bond acceptors (Lipinski definition) is 3. The van der Waals surface area contributed by atoms with Gasteiger partial charge in [-0.15, -0.1) is 0 Å². The van der Waals surface area contributed by atoms with Crippen molar-refractivity contribution in [2.75, 3.05) is 0 Å². The Hall–Kier alpha value is -3.47. The number of imidazole rings is 1. The van der Waals surface area contributed by atoms with Crippen LogP contribution in [0.25, 0.3) is 44.0 Å². The molecule has 0 unspecified atom stereocenters. The molecule has 5 aromatic rings. The van der Waals surface area contributed by atoms with E-state index in [1.54, 1.807) is 18.6 Å². The molecule has 5 heteroatoms. The second kappa shape index (κ2) is 4.76. The lowest BCUT2D eigenvalue weighted by Gasteiger charge is -2.04. The van der Waals surface area contributed by atoms with Gasteiger partial charge in [-0.25, -0.2) is 4.98 Å². The number of aromatic nitrogens is 4. The van der Waals surface area contributed by atoms with Gasteiger partial charge in [-0.3, -0.25) is 9.78 Å². The Kier molecular flexibility index (Phi) is 2.58. The Labute approximate surface area is 136 Å². The van der Waals surface area contributed by atoms with Crippen LogP contribution >= 0.6 is 0 Å². The lowest BCUT2D eigenvalue weighted by atomic mass is 10.0. The van der Waals surface area contributed by atoms with Crippen molar-refractivity contribution in [3.05, 3.63) is 71.4 Å². The molecule has 5 nitrogen and oxygen atoms in total. The Bertz CT molecular complexity index is 1270. The third kappa shape index (κ3) is 1.72. The van der Waals surface area contributed by atoms with E-state index < -0.39 is 0 Å². The molecule has 0 spiro atoms. The molecule has 0 saturated carbocycles. The molecule has 0 bridgehead atoms. The number of H-pyrrole nitrogens is 2. The molecule has 5 rings (SSSR count). The van der Waals surface area contributed by atoms with Crippen LogP contribution in [0.3, 0.4) is 0 Å².